The van der Waals surface area contributed by atoms with Crippen molar-refractivity contribution >= 4 is 22.2 Å². The second-order valence-electron chi connectivity index (χ2n) is 9.05. The van der Waals surface area contributed by atoms with Crippen LogP contribution in [0.2, 0.25) is 0 Å². The molecule has 7 aromatic rings. The zero-order valence-electron chi connectivity index (χ0n) is 20.8. The van der Waals surface area contributed by atoms with Crippen molar-refractivity contribution in [2.75, 3.05) is 0 Å². The molecule has 39 heavy (non-hydrogen) atoms. The van der Waals surface area contributed by atoms with Crippen LogP contribution < -0.4 is 0 Å². The predicted octanol–water partition coefficient (Wildman–Crippen LogP) is 7.28. The molecule has 6 heteroatoms. The molecule has 0 aliphatic carbocycles. The van der Waals surface area contributed by atoms with Crippen LogP contribution in [-0.2, 0) is 32.9 Å². The number of para-hydroxylation sites is 1. The van der Waals surface area contributed by atoms with Crippen LogP contribution in [0.15, 0.2) is 114 Å². The van der Waals surface area contributed by atoms with Crippen LogP contribution in [0.5, 0.6) is 0 Å². The van der Waals surface area contributed by atoms with Gasteiger partial charge in [0.25, 0.3) is 0 Å². The molecule has 0 amide bonds. The number of furan rings is 1. The monoisotopic (exact) mass is 683 g/mol. The number of benzene rings is 3. The van der Waals surface area contributed by atoms with Gasteiger partial charge < -0.3 is 14.4 Å². The summed E-state index contributed by atoms with van der Waals surface area (Å²) >= 11 is 0. The van der Waals surface area contributed by atoms with Gasteiger partial charge in [-0.25, -0.2) is 4.98 Å². The van der Waals surface area contributed by atoms with Gasteiger partial charge in [-0.1, -0.05) is 48.0 Å². The third kappa shape index (κ3) is 4.59. The van der Waals surface area contributed by atoms with Crippen molar-refractivity contribution in [3.05, 3.63) is 133 Å². The smallest absolute Gasteiger partial charge is 0.221 e. The van der Waals surface area contributed by atoms with Crippen molar-refractivity contribution in [1.82, 2.24) is 19.5 Å². The molecular formula is C33H22IrN4O-2. The maximum absolute atomic E-state index is 6.36. The average Bonchev–Trinajstić information content (AvgIpc) is 3.55. The molecule has 1 radical (unpaired) electrons. The number of aromatic nitrogens is 4. The quantitative estimate of drug-likeness (QED) is 0.180. The number of nitrogens with zero attached hydrogens (tertiary/aromatic N) is 4. The molecule has 191 valence electrons. The third-order valence-corrected chi connectivity index (χ3v) is 6.73. The number of hydrogen-bond acceptors (Lipinski definition) is 4. The van der Waals surface area contributed by atoms with E-state index < -0.39 is 0 Å². The van der Waals surface area contributed by atoms with Crippen molar-refractivity contribution in [3.63, 3.8) is 0 Å². The largest absolute Gasteiger partial charge is 0.486 e. The molecule has 4 aromatic heterocycles. The van der Waals surface area contributed by atoms with Gasteiger partial charge in [-0.3, -0.25) is 4.57 Å². The van der Waals surface area contributed by atoms with E-state index in [4.69, 9.17) is 9.40 Å². The summed E-state index contributed by atoms with van der Waals surface area (Å²) in [4.78, 5) is 13.6. The molecule has 0 saturated carbocycles. The van der Waals surface area contributed by atoms with Crippen molar-refractivity contribution < 1.29 is 24.5 Å². The summed E-state index contributed by atoms with van der Waals surface area (Å²) in [7, 11) is 0. The Kier molecular flexibility index (Phi) is 6.89. The summed E-state index contributed by atoms with van der Waals surface area (Å²) in [6, 6.07) is 38.4. The van der Waals surface area contributed by atoms with E-state index in [-0.39, 0.29) is 20.1 Å². The van der Waals surface area contributed by atoms with Crippen LogP contribution in [0.25, 0.3) is 50.4 Å². The van der Waals surface area contributed by atoms with Gasteiger partial charge in [-0.2, -0.15) is 0 Å². The van der Waals surface area contributed by atoms with Gasteiger partial charge in [0.05, 0.1) is 11.3 Å². The molecule has 0 bridgehead atoms. The summed E-state index contributed by atoms with van der Waals surface area (Å²) in [5.41, 5.74) is 8.75. The minimum atomic E-state index is 0. The second-order valence-corrected chi connectivity index (χ2v) is 9.05. The van der Waals surface area contributed by atoms with E-state index in [1.165, 1.54) is 11.3 Å². The summed E-state index contributed by atoms with van der Waals surface area (Å²) in [6.07, 6.45) is 5.52. The number of rotatable bonds is 2. The van der Waals surface area contributed by atoms with Crippen LogP contribution in [0.4, 0.5) is 0 Å². The molecule has 0 fully saturated rings. The van der Waals surface area contributed by atoms with E-state index in [2.05, 4.69) is 50.9 Å². The van der Waals surface area contributed by atoms with Gasteiger partial charge in [-0.05, 0) is 47.0 Å². The summed E-state index contributed by atoms with van der Waals surface area (Å²) in [6.45, 7) is 0. The first-order valence-corrected chi connectivity index (χ1v) is 12.6. The molecule has 3 aromatic carbocycles. The second kappa shape index (κ2) is 10.8. The van der Waals surface area contributed by atoms with Gasteiger partial charge in [0.1, 0.15) is 11.3 Å². The minimum Gasteiger partial charge on any atom is -0.486 e. The van der Waals surface area contributed by atoms with Gasteiger partial charge in [0.15, 0.2) is 0 Å². The maximum Gasteiger partial charge on any atom is 0.221 e. The Labute approximate surface area is 239 Å². The molecular weight excluding hydrogens is 661 g/mol. The Morgan fingerprint density at radius 3 is 2.26 bits per heavy atom. The van der Waals surface area contributed by atoms with Crippen molar-refractivity contribution in [1.29, 1.82) is 0 Å². The fraction of sp³-hybridized carbons (Fsp3) is 0.0606. The Bertz CT molecular complexity index is 1830. The van der Waals surface area contributed by atoms with Crippen LogP contribution in [0.3, 0.4) is 0 Å². The summed E-state index contributed by atoms with van der Waals surface area (Å²) in [5, 5.41) is 1.01. The average molecular weight is 683 g/mol. The Balaban J connectivity index is 0.000000180. The molecule has 0 N–H and O–H groups in total. The molecule has 1 aliphatic heterocycles. The molecule has 0 saturated heterocycles. The van der Waals surface area contributed by atoms with E-state index >= 15 is 0 Å². The molecule has 0 unspecified atom stereocenters. The van der Waals surface area contributed by atoms with Crippen LogP contribution >= 0.6 is 0 Å². The van der Waals surface area contributed by atoms with Crippen molar-refractivity contribution in [3.8, 4) is 28.2 Å². The van der Waals surface area contributed by atoms with Crippen LogP contribution in [0.1, 0.15) is 11.4 Å². The third-order valence-electron chi connectivity index (χ3n) is 6.73. The maximum atomic E-state index is 6.36. The van der Waals surface area contributed by atoms with E-state index in [1.807, 2.05) is 72.8 Å². The minimum absolute atomic E-state index is 0. The fourth-order valence-electron chi connectivity index (χ4n) is 4.97. The summed E-state index contributed by atoms with van der Waals surface area (Å²) < 4.78 is 8.53. The zero-order valence-corrected chi connectivity index (χ0v) is 23.2. The first-order chi connectivity index (χ1) is 18.9. The number of fused-ring (bicyclic) bond motifs is 7. The van der Waals surface area contributed by atoms with Crippen molar-refractivity contribution in [2.45, 2.75) is 12.8 Å². The topological polar surface area (TPSA) is 56.7 Å². The van der Waals surface area contributed by atoms with Gasteiger partial charge in [0, 0.05) is 38.9 Å². The summed E-state index contributed by atoms with van der Waals surface area (Å²) in [5.74, 6) is 1.06. The van der Waals surface area contributed by atoms with Crippen molar-refractivity contribution in [2.24, 2.45) is 0 Å². The van der Waals surface area contributed by atoms with E-state index in [0.717, 1.165) is 63.4 Å². The van der Waals surface area contributed by atoms with Crippen LogP contribution in [0, 0.1) is 12.1 Å². The van der Waals surface area contributed by atoms with E-state index in [9.17, 15) is 0 Å². The Hall–Kier alpha value is -4.38. The first-order valence-electron chi connectivity index (χ1n) is 12.6. The Morgan fingerprint density at radius 1 is 0.718 bits per heavy atom. The first kappa shape index (κ1) is 24.9. The number of pyridine rings is 2. The van der Waals surface area contributed by atoms with Gasteiger partial charge in [-0.15, -0.1) is 54.1 Å². The fourth-order valence-corrected chi connectivity index (χ4v) is 4.97. The predicted molar refractivity (Wildman–Crippen MR) is 149 cm³/mol. The SMILES string of the molecule is [Ir].[c-]1ccc2c(oc3c2nc2n3-c3ccccc3CC2)c1-c1ccccn1.[c-]1ccccc1-c1ccccn1. The van der Waals surface area contributed by atoms with Crippen LogP contribution in [-0.4, -0.2) is 19.5 Å². The number of imidazole rings is 1. The van der Waals surface area contributed by atoms with Gasteiger partial charge in [0.2, 0.25) is 5.71 Å². The standard InChI is InChI=1S/C22H14N3O.C11H8N.Ir/c1-2-10-18-14(6-1)11-12-19-24-20-16-8-5-7-15(17-9-3-4-13-23-17)21(16)26-22(20)25(18)19;1-2-6-10(7-3-1)11-8-4-5-9-12-11;/h1-6,8-10,13H,11-12H2;1-6,8-9H;/q2*-1;. The molecule has 0 spiro atoms. The molecule has 1 aliphatic rings. The Morgan fingerprint density at radius 2 is 1.49 bits per heavy atom. The molecule has 0 atom stereocenters. The molecule has 5 nitrogen and oxygen atoms in total. The number of aryl methyl sites for hydroxylation is 2. The van der Waals surface area contributed by atoms with E-state index in [0.29, 0.717) is 0 Å². The van der Waals surface area contributed by atoms with Gasteiger partial charge >= 0.3 is 0 Å². The van der Waals surface area contributed by atoms with E-state index in [1.54, 1.807) is 12.4 Å². The molecule has 5 heterocycles. The number of hydrogen-bond donors (Lipinski definition) is 0. The molecule has 8 rings (SSSR count). The normalized spacial score (nSPS) is 11.7. The zero-order chi connectivity index (χ0) is 25.3.